The molecule has 2 aromatic rings. The lowest BCUT2D eigenvalue weighted by atomic mass is 10.1. The molecule has 0 saturated carbocycles. The Kier molecular flexibility index (Phi) is 3.57. The first-order valence-electron chi connectivity index (χ1n) is 5.67. The molecule has 0 fully saturated rings. The number of hydrogen-bond acceptors (Lipinski definition) is 3. The van der Waals surface area contributed by atoms with Gasteiger partial charge in [0.1, 0.15) is 0 Å². The number of benzene rings is 1. The highest BCUT2D eigenvalue weighted by atomic mass is 16.2. The maximum Gasteiger partial charge on any atom is 0.256 e. The van der Waals surface area contributed by atoms with Gasteiger partial charge < -0.3 is 10.6 Å². The number of rotatable bonds is 3. The molecule has 0 aliphatic carbocycles. The van der Waals surface area contributed by atoms with E-state index in [4.69, 9.17) is 5.73 Å². The van der Waals surface area contributed by atoms with E-state index in [-0.39, 0.29) is 5.91 Å². The van der Waals surface area contributed by atoms with Gasteiger partial charge >= 0.3 is 0 Å². The number of nitrogens with zero attached hydrogens (tertiary/aromatic N) is 2. The van der Waals surface area contributed by atoms with Crippen LogP contribution in [0.25, 0.3) is 0 Å². The average molecular weight is 241 g/mol. The lowest BCUT2D eigenvalue weighted by Crippen LogP contribution is -2.27. The molecule has 0 aliphatic rings. The van der Waals surface area contributed by atoms with Crippen LogP contribution in [0, 0.1) is 0 Å². The molecule has 0 saturated heterocycles. The minimum Gasteiger partial charge on any atom is -0.397 e. The molecule has 0 atom stereocenters. The third kappa shape index (κ3) is 2.66. The van der Waals surface area contributed by atoms with Crippen LogP contribution in [0.4, 0.5) is 5.69 Å². The summed E-state index contributed by atoms with van der Waals surface area (Å²) in [6.07, 6.45) is 3.06. The second kappa shape index (κ2) is 5.31. The van der Waals surface area contributed by atoms with Gasteiger partial charge in [-0.15, -0.1) is 0 Å². The maximum atomic E-state index is 12.2. The molecule has 4 heteroatoms. The predicted molar refractivity (Wildman–Crippen MR) is 70.9 cm³/mol. The molecule has 0 radical (unpaired) electrons. The lowest BCUT2D eigenvalue weighted by molar-refractivity contribution is 0.0786. The first-order valence-corrected chi connectivity index (χ1v) is 5.67. The summed E-state index contributed by atoms with van der Waals surface area (Å²) in [5, 5.41) is 0. The van der Waals surface area contributed by atoms with Gasteiger partial charge in [-0.3, -0.25) is 9.78 Å². The van der Waals surface area contributed by atoms with Gasteiger partial charge in [0.2, 0.25) is 0 Å². The van der Waals surface area contributed by atoms with Crippen molar-refractivity contribution in [1.82, 2.24) is 9.88 Å². The second-order valence-corrected chi connectivity index (χ2v) is 4.11. The summed E-state index contributed by atoms with van der Waals surface area (Å²) in [5.74, 6) is -0.0984. The zero-order valence-electron chi connectivity index (χ0n) is 10.2. The number of pyridine rings is 1. The number of aromatic nitrogens is 1. The van der Waals surface area contributed by atoms with Gasteiger partial charge in [0.25, 0.3) is 5.91 Å². The van der Waals surface area contributed by atoms with Crippen molar-refractivity contribution < 1.29 is 4.79 Å². The molecule has 2 N–H and O–H groups in total. The van der Waals surface area contributed by atoms with Gasteiger partial charge in [-0.2, -0.15) is 0 Å². The molecule has 0 bridgehead atoms. The molecule has 0 aliphatic heterocycles. The molecule has 18 heavy (non-hydrogen) atoms. The van der Waals surface area contributed by atoms with Crippen molar-refractivity contribution in [3.8, 4) is 0 Å². The van der Waals surface area contributed by atoms with Crippen molar-refractivity contribution in [2.24, 2.45) is 0 Å². The highest BCUT2D eigenvalue weighted by Gasteiger charge is 2.14. The normalized spacial score (nSPS) is 10.1. The first-order chi connectivity index (χ1) is 8.68. The van der Waals surface area contributed by atoms with Gasteiger partial charge in [0, 0.05) is 19.8 Å². The Morgan fingerprint density at radius 2 is 2.00 bits per heavy atom. The van der Waals surface area contributed by atoms with E-state index >= 15 is 0 Å². The minimum absolute atomic E-state index is 0.0984. The maximum absolute atomic E-state index is 12.2. The summed E-state index contributed by atoms with van der Waals surface area (Å²) in [7, 11) is 1.76. The highest BCUT2D eigenvalue weighted by molar-refractivity contribution is 5.98. The highest BCUT2D eigenvalue weighted by Crippen LogP contribution is 2.13. The first kappa shape index (κ1) is 12.1. The Bertz CT molecular complexity index is 540. The Hall–Kier alpha value is -2.36. The smallest absolute Gasteiger partial charge is 0.256 e. The third-order valence-corrected chi connectivity index (χ3v) is 2.69. The summed E-state index contributed by atoms with van der Waals surface area (Å²) in [6.45, 7) is 0.557. The van der Waals surface area contributed by atoms with E-state index in [0.29, 0.717) is 17.8 Å². The number of amides is 1. The van der Waals surface area contributed by atoms with E-state index in [1.807, 2.05) is 30.3 Å². The van der Waals surface area contributed by atoms with Crippen LogP contribution in [0.5, 0.6) is 0 Å². The van der Waals surface area contributed by atoms with Gasteiger partial charge in [-0.1, -0.05) is 30.3 Å². The van der Waals surface area contributed by atoms with Crippen LogP contribution < -0.4 is 5.73 Å². The van der Waals surface area contributed by atoms with Crippen molar-refractivity contribution >= 4 is 11.6 Å². The lowest BCUT2D eigenvalue weighted by Gasteiger charge is -2.18. The van der Waals surface area contributed by atoms with E-state index in [0.717, 1.165) is 5.56 Å². The molecular formula is C14H15N3O. The van der Waals surface area contributed by atoms with Crippen LogP contribution in [-0.4, -0.2) is 22.8 Å². The molecule has 2 rings (SSSR count). The van der Waals surface area contributed by atoms with Crippen LogP contribution in [0.1, 0.15) is 15.9 Å². The van der Waals surface area contributed by atoms with Crippen LogP contribution in [0.2, 0.25) is 0 Å². The molecule has 0 spiro atoms. The van der Waals surface area contributed by atoms with Crippen LogP contribution in [0.3, 0.4) is 0 Å². The summed E-state index contributed by atoms with van der Waals surface area (Å²) in [4.78, 5) is 17.7. The fourth-order valence-corrected chi connectivity index (χ4v) is 1.74. The summed E-state index contributed by atoms with van der Waals surface area (Å²) in [6, 6.07) is 11.5. The van der Waals surface area contributed by atoms with Crippen molar-refractivity contribution in [2.45, 2.75) is 6.54 Å². The summed E-state index contributed by atoms with van der Waals surface area (Å²) in [5.41, 5.74) is 7.72. The zero-order chi connectivity index (χ0) is 13.0. The van der Waals surface area contributed by atoms with Gasteiger partial charge in [-0.05, 0) is 11.6 Å². The quantitative estimate of drug-likeness (QED) is 0.893. The second-order valence-electron chi connectivity index (χ2n) is 4.11. The molecule has 1 amide bonds. The fraction of sp³-hybridized carbons (Fsp3) is 0.143. The number of anilines is 1. The van der Waals surface area contributed by atoms with Gasteiger partial charge in [0.05, 0.1) is 17.4 Å². The number of nitrogens with two attached hydrogens (primary N) is 1. The van der Waals surface area contributed by atoms with E-state index in [2.05, 4.69) is 4.98 Å². The van der Waals surface area contributed by atoms with Gasteiger partial charge in [0.15, 0.2) is 0 Å². The van der Waals surface area contributed by atoms with E-state index < -0.39 is 0 Å². The zero-order valence-corrected chi connectivity index (χ0v) is 10.2. The van der Waals surface area contributed by atoms with Crippen molar-refractivity contribution in [2.75, 3.05) is 12.8 Å². The Balaban J connectivity index is 2.13. The largest absolute Gasteiger partial charge is 0.397 e. The molecule has 1 aromatic heterocycles. The van der Waals surface area contributed by atoms with Crippen molar-refractivity contribution in [3.63, 3.8) is 0 Å². The Morgan fingerprint density at radius 3 is 2.67 bits per heavy atom. The molecule has 1 aromatic carbocycles. The third-order valence-electron chi connectivity index (χ3n) is 2.69. The number of carbonyl (C=O) groups excluding carboxylic acids is 1. The van der Waals surface area contributed by atoms with Crippen molar-refractivity contribution in [3.05, 3.63) is 59.9 Å². The predicted octanol–water partition coefficient (Wildman–Crippen LogP) is 1.94. The van der Waals surface area contributed by atoms with E-state index in [9.17, 15) is 4.79 Å². The van der Waals surface area contributed by atoms with Crippen LogP contribution >= 0.6 is 0 Å². The van der Waals surface area contributed by atoms with Gasteiger partial charge in [-0.25, -0.2) is 0 Å². The number of carbonyl (C=O) groups is 1. The molecule has 1 heterocycles. The SMILES string of the molecule is CN(Cc1ccccc1)C(=O)c1ccncc1N. The Morgan fingerprint density at radius 1 is 1.28 bits per heavy atom. The fourth-order valence-electron chi connectivity index (χ4n) is 1.74. The minimum atomic E-state index is -0.0984. The molecular weight excluding hydrogens is 226 g/mol. The van der Waals surface area contributed by atoms with E-state index in [1.54, 1.807) is 24.2 Å². The number of nitrogen functional groups attached to an aromatic ring is 1. The van der Waals surface area contributed by atoms with Crippen LogP contribution in [0.15, 0.2) is 48.8 Å². The molecule has 4 nitrogen and oxygen atoms in total. The standard InChI is InChI=1S/C14H15N3O/c1-17(10-11-5-3-2-4-6-11)14(18)12-7-8-16-9-13(12)15/h2-9H,10,15H2,1H3. The summed E-state index contributed by atoms with van der Waals surface area (Å²) < 4.78 is 0. The summed E-state index contributed by atoms with van der Waals surface area (Å²) >= 11 is 0. The Labute approximate surface area is 106 Å². The van der Waals surface area contributed by atoms with Crippen molar-refractivity contribution in [1.29, 1.82) is 0 Å². The average Bonchev–Trinajstić information content (AvgIpc) is 2.39. The van der Waals surface area contributed by atoms with Crippen LogP contribution in [-0.2, 0) is 6.54 Å². The number of hydrogen-bond donors (Lipinski definition) is 1. The monoisotopic (exact) mass is 241 g/mol. The topological polar surface area (TPSA) is 59.2 Å². The molecule has 92 valence electrons. The molecule has 0 unspecified atom stereocenters. The van der Waals surface area contributed by atoms with E-state index in [1.165, 1.54) is 6.20 Å².